The van der Waals surface area contributed by atoms with Crippen LogP contribution in [0.25, 0.3) is 0 Å². The van der Waals surface area contributed by atoms with Crippen LogP contribution >= 0.6 is 11.8 Å². The number of nitrogens with two attached hydrogens (primary N) is 7. The third-order valence-electron chi connectivity index (χ3n) is 11.2. The van der Waals surface area contributed by atoms with Gasteiger partial charge in [0.05, 0.1) is 5.37 Å². The van der Waals surface area contributed by atoms with Crippen molar-refractivity contribution < 1.29 is 0 Å². The number of nitrogens with one attached hydrogen (secondary N) is 3. The molecule has 0 radical (unpaired) electrons. The molecule has 0 amide bonds. The Hall–Kier alpha value is -3.05. The van der Waals surface area contributed by atoms with Gasteiger partial charge >= 0.3 is 0 Å². The molecule has 0 aromatic carbocycles. The topological polar surface area (TPSA) is 267 Å². The number of nitrogens with zero attached hydrogens (tertiary/aromatic N) is 3. The van der Waals surface area contributed by atoms with Crippen LogP contribution in [0.5, 0.6) is 0 Å². The largest absolute Gasteiger partial charge is 0.370 e. The molecule has 4 rings (SSSR count). The highest BCUT2D eigenvalue weighted by atomic mass is 32.2. The lowest BCUT2D eigenvalue weighted by molar-refractivity contribution is 0.180. The maximum absolute atomic E-state index is 7.50. The first-order valence-electron chi connectivity index (χ1n) is 18.7. The van der Waals surface area contributed by atoms with Crippen LogP contribution < -0.4 is 50.8 Å². The molecule has 1 heterocycles. The quantitative estimate of drug-likeness (QED) is 0.0713. The minimum Gasteiger partial charge on any atom is -0.370 e. The SMILES string of the molecule is N=C(N)NCCC1CC(C#CC2CCCC(C3NCC(C4CC(CCN=C(N)N)CC(CCN=C(N)N)C4)S3)C2)CC(CCN=C(N)N)C1. The summed E-state index contributed by atoms with van der Waals surface area (Å²) < 4.78 is 0. The Bertz CT molecular complexity index is 1150. The number of guanidine groups is 4. The molecule has 49 heavy (non-hydrogen) atoms. The van der Waals surface area contributed by atoms with Crippen LogP contribution in [0.1, 0.15) is 89.9 Å². The van der Waals surface area contributed by atoms with E-state index < -0.39 is 0 Å². The molecule has 4 aliphatic rings. The molecule has 1 saturated heterocycles. The summed E-state index contributed by atoms with van der Waals surface area (Å²) in [7, 11) is 0. The maximum atomic E-state index is 7.50. The van der Waals surface area contributed by atoms with Gasteiger partial charge in [-0.15, -0.1) is 11.8 Å². The highest BCUT2D eigenvalue weighted by Gasteiger charge is 2.40. The van der Waals surface area contributed by atoms with E-state index in [4.69, 9.17) is 45.5 Å². The van der Waals surface area contributed by atoms with Crippen LogP contribution in [-0.4, -0.2) is 67.2 Å². The summed E-state index contributed by atoms with van der Waals surface area (Å²) in [6.07, 6.45) is 16.0. The molecular formula is C35H65N13S. The van der Waals surface area contributed by atoms with Crippen LogP contribution in [0, 0.1) is 64.6 Å². The van der Waals surface area contributed by atoms with Gasteiger partial charge in [-0.25, -0.2) is 0 Å². The summed E-state index contributed by atoms with van der Waals surface area (Å²) in [5, 5.41) is 15.6. The summed E-state index contributed by atoms with van der Waals surface area (Å²) in [5.74, 6) is 12.7. The monoisotopic (exact) mass is 700 g/mol. The maximum Gasteiger partial charge on any atom is 0.185 e. The van der Waals surface area contributed by atoms with Crippen LogP contribution in [0.15, 0.2) is 15.0 Å². The molecule has 0 aromatic rings. The fourth-order valence-electron chi connectivity index (χ4n) is 9.03. The standard InChI is InChI=1S/C35H65N13S/c36-32(37)44-10-6-24-14-23(15-25(16-24)7-11-45-33(38)39)5-4-22-2-1-3-28(18-22)31-48-21-30(49-31)29-19-26(8-12-46-34(40)41)17-27(20-29)9-13-47-35(42)43/h22-31,48H,1-3,6-21H2,(H4,36,37,44)(H4,38,39,45)(H4,40,41,46)(H4,42,43,47). The van der Waals surface area contributed by atoms with E-state index >= 15 is 0 Å². The molecule has 3 aliphatic carbocycles. The fourth-order valence-corrected chi connectivity index (χ4v) is 10.7. The van der Waals surface area contributed by atoms with Gasteiger partial charge in [0, 0.05) is 49.8 Å². The van der Waals surface area contributed by atoms with Crippen LogP contribution in [0.2, 0.25) is 0 Å². The van der Waals surface area contributed by atoms with Crippen LogP contribution in [0.3, 0.4) is 0 Å². The first kappa shape index (κ1) is 38.7. The van der Waals surface area contributed by atoms with Gasteiger partial charge in [0.2, 0.25) is 0 Å². The average Bonchev–Trinajstić information content (AvgIpc) is 3.54. The second-order valence-corrected chi connectivity index (χ2v) is 16.6. The first-order chi connectivity index (χ1) is 23.5. The molecule has 17 N–H and O–H groups in total. The van der Waals surface area contributed by atoms with E-state index in [2.05, 4.69) is 49.2 Å². The number of rotatable bonds is 14. The summed E-state index contributed by atoms with van der Waals surface area (Å²) in [6.45, 7) is 3.87. The minimum atomic E-state index is 0.0377. The Morgan fingerprint density at radius 1 is 0.653 bits per heavy atom. The lowest BCUT2D eigenvalue weighted by atomic mass is 9.71. The van der Waals surface area contributed by atoms with Crippen LogP contribution in [-0.2, 0) is 0 Å². The Balaban J connectivity index is 1.32. The molecule has 1 aliphatic heterocycles. The van der Waals surface area contributed by atoms with Gasteiger partial charge in [0.25, 0.3) is 0 Å². The van der Waals surface area contributed by atoms with Crippen molar-refractivity contribution in [2.45, 2.75) is 101 Å². The van der Waals surface area contributed by atoms with E-state index in [0.717, 1.165) is 58.0 Å². The average molecular weight is 700 g/mol. The summed E-state index contributed by atoms with van der Waals surface area (Å²) in [5.41, 5.74) is 39.2. The Kier molecular flexibility index (Phi) is 15.8. The predicted molar refractivity (Wildman–Crippen MR) is 205 cm³/mol. The van der Waals surface area contributed by atoms with Gasteiger partial charge in [-0.3, -0.25) is 20.4 Å². The molecule has 0 spiro atoms. The van der Waals surface area contributed by atoms with Crippen molar-refractivity contribution in [2.24, 2.45) is 102 Å². The van der Waals surface area contributed by atoms with E-state index in [-0.39, 0.29) is 23.8 Å². The molecule has 0 bridgehead atoms. The zero-order valence-electron chi connectivity index (χ0n) is 29.5. The number of thioether (sulfide) groups is 1. The van der Waals surface area contributed by atoms with E-state index in [9.17, 15) is 0 Å². The van der Waals surface area contributed by atoms with E-state index in [1.807, 2.05) is 0 Å². The zero-order valence-corrected chi connectivity index (χ0v) is 30.3. The Morgan fingerprint density at radius 2 is 1.18 bits per heavy atom. The van der Waals surface area contributed by atoms with Gasteiger partial charge < -0.3 is 50.8 Å². The van der Waals surface area contributed by atoms with Crippen molar-refractivity contribution in [3.05, 3.63) is 0 Å². The van der Waals surface area contributed by atoms with E-state index in [1.165, 1.54) is 44.9 Å². The van der Waals surface area contributed by atoms with Crippen molar-refractivity contribution in [3.8, 4) is 11.8 Å². The molecule has 9 unspecified atom stereocenters. The van der Waals surface area contributed by atoms with Gasteiger partial charge in [-0.05, 0) is 119 Å². The summed E-state index contributed by atoms with van der Waals surface area (Å²) in [4.78, 5) is 12.8. The fraction of sp³-hybridized carbons (Fsp3) is 0.829. The number of aliphatic imine (C=N–C) groups is 3. The molecule has 13 nitrogen and oxygen atoms in total. The zero-order chi connectivity index (χ0) is 35.2. The Labute approximate surface area is 298 Å². The molecule has 276 valence electrons. The van der Waals surface area contributed by atoms with Crippen molar-refractivity contribution >= 4 is 35.6 Å². The predicted octanol–water partition coefficient (Wildman–Crippen LogP) is 1.76. The molecule has 3 saturated carbocycles. The first-order valence-corrected chi connectivity index (χ1v) is 19.6. The van der Waals surface area contributed by atoms with Crippen molar-refractivity contribution in [2.75, 3.05) is 32.7 Å². The normalized spacial score (nSPS) is 33.0. The van der Waals surface area contributed by atoms with Crippen molar-refractivity contribution in [1.82, 2.24) is 10.6 Å². The van der Waals surface area contributed by atoms with E-state index in [0.29, 0.717) is 77.6 Å². The third kappa shape index (κ3) is 14.0. The number of hydrogen-bond acceptors (Lipinski definition) is 6. The second-order valence-electron chi connectivity index (χ2n) is 15.2. The molecule has 0 aromatic heterocycles. The third-order valence-corrected chi connectivity index (χ3v) is 13.0. The van der Waals surface area contributed by atoms with Gasteiger partial charge in [-0.2, -0.15) is 0 Å². The molecule has 4 fully saturated rings. The van der Waals surface area contributed by atoms with Crippen molar-refractivity contribution in [3.63, 3.8) is 0 Å². The van der Waals surface area contributed by atoms with Crippen LogP contribution in [0.4, 0.5) is 0 Å². The van der Waals surface area contributed by atoms with E-state index in [1.54, 1.807) is 0 Å². The summed E-state index contributed by atoms with van der Waals surface area (Å²) in [6, 6.07) is 0. The molecule has 14 heteroatoms. The van der Waals surface area contributed by atoms with Gasteiger partial charge in [0.15, 0.2) is 23.8 Å². The Morgan fingerprint density at radius 3 is 1.73 bits per heavy atom. The minimum absolute atomic E-state index is 0.0377. The summed E-state index contributed by atoms with van der Waals surface area (Å²) >= 11 is 2.20. The highest BCUT2D eigenvalue weighted by Crippen LogP contribution is 2.46. The van der Waals surface area contributed by atoms with Gasteiger partial charge in [0.1, 0.15) is 0 Å². The number of hydrogen-bond donors (Lipinski definition) is 10. The molecule has 9 atom stereocenters. The lowest BCUT2D eigenvalue weighted by Crippen LogP contribution is -2.33. The van der Waals surface area contributed by atoms with Crippen molar-refractivity contribution in [1.29, 1.82) is 5.41 Å². The molecular weight excluding hydrogens is 635 g/mol. The smallest absolute Gasteiger partial charge is 0.185 e. The highest BCUT2D eigenvalue weighted by molar-refractivity contribution is 8.00. The second kappa shape index (κ2) is 20.0. The van der Waals surface area contributed by atoms with Gasteiger partial charge in [-0.1, -0.05) is 18.3 Å². The lowest BCUT2D eigenvalue weighted by Gasteiger charge is -2.37.